The van der Waals surface area contributed by atoms with Gasteiger partial charge in [-0.3, -0.25) is 4.79 Å². The lowest BCUT2D eigenvalue weighted by molar-refractivity contribution is 0.0532. The number of hydrogen-bond acceptors (Lipinski definition) is 3. The Kier molecular flexibility index (Phi) is 4.71. The van der Waals surface area contributed by atoms with Crippen LogP contribution in [0.25, 0.3) is 5.69 Å². The summed E-state index contributed by atoms with van der Waals surface area (Å²) < 4.78 is 1.78. The van der Waals surface area contributed by atoms with E-state index >= 15 is 0 Å². The van der Waals surface area contributed by atoms with Gasteiger partial charge in [0.05, 0.1) is 16.9 Å². The number of carbonyl (C=O) groups is 1. The van der Waals surface area contributed by atoms with Crippen LogP contribution in [0.1, 0.15) is 41.4 Å². The number of carbonyl (C=O) groups excluding carboxylic acids is 1. The highest BCUT2D eigenvalue weighted by atomic mass is 16.2. The van der Waals surface area contributed by atoms with Crippen molar-refractivity contribution in [2.24, 2.45) is 11.7 Å². The molecule has 2 N–H and O–H groups in total. The zero-order valence-corrected chi connectivity index (χ0v) is 14.7. The molecule has 1 fully saturated rings. The van der Waals surface area contributed by atoms with Gasteiger partial charge in [-0.1, -0.05) is 18.6 Å². The second-order valence-corrected chi connectivity index (χ2v) is 6.84. The summed E-state index contributed by atoms with van der Waals surface area (Å²) in [6.07, 6.45) is 4.06. The fourth-order valence-electron chi connectivity index (χ4n) is 3.59. The summed E-state index contributed by atoms with van der Waals surface area (Å²) in [5.41, 5.74) is 9.50. The van der Waals surface area contributed by atoms with Gasteiger partial charge in [0.1, 0.15) is 0 Å². The molecule has 0 aliphatic carbocycles. The smallest absolute Gasteiger partial charge is 0.256 e. The molecule has 2 aromatic rings. The molecule has 0 spiro atoms. The van der Waals surface area contributed by atoms with E-state index < -0.39 is 0 Å². The van der Waals surface area contributed by atoms with Crippen molar-refractivity contribution in [2.45, 2.75) is 39.7 Å². The molecule has 5 nitrogen and oxygen atoms in total. The van der Waals surface area contributed by atoms with Crippen LogP contribution in [0.3, 0.4) is 0 Å². The maximum Gasteiger partial charge on any atom is 0.256 e. The zero-order chi connectivity index (χ0) is 17.3. The molecule has 3 rings (SSSR count). The highest BCUT2D eigenvalue weighted by Gasteiger charge is 2.32. The van der Waals surface area contributed by atoms with Crippen molar-refractivity contribution >= 4 is 5.91 Å². The van der Waals surface area contributed by atoms with Crippen molar-refractivity contribution in [2.75, 3.05) is 13.1 Å². The number of nitrogens with two attached hydrogens (primary N) is 1. The van der Waals surface area contributed by atoms with Crippen molar-refractivity contribution in [3.8, 4) is 5.69 Å². The van der Waals surface area contributed by atoms with Crippen molar-refractivity contribution < 1.29 is 4.79 Å². The number of hydrogen-bond donors (Lipinski definition) is 1. The third-order valence-electron chi connectivity index (χ3n) is 4.97. The fourth-order valence-corrected chi connectivity index (χ4v) is 3.59. The quantitative estimate of drug-likeness (QED) is 0.943. The van der Waals surface area contributed by atoms with E-state index in [-0.39, 0.29) is 11.9 Å². The van der Waals surface area contributed by atoms with Crippen LogP contribution >= 0.6 is 0 Å². The third kappa shape index (κ3) is 3.08. The number of benzene rings is 1. The SMILES string of the molecule is Cc1ccc(-n2ccc(C)n2)c(C(=O)N2CCC[C@@H](C)C2CN)c1. The summed E-state index contributed by atoms with van der Waals surface area (Å²) in [7, 11) is 0. The van der Waals surface area contributed by atoms with E-state index in [1.54, 1.807) is 4.68 Å². The molecule has 1 saturated heterocycles. The minimum atomic E-state index is 0.0591. The van der Waals surface area contributed by atoms with Crippen LogP contribution in [0.4, 0.5) is 0 Å². The monoisotopic (exact) mass is 326 g/mol. The first-order valence-electron chi connectivity index (χ1n) is 8.65. The number of likely N-dealkylation sites (tertiary alicyclic amines) is 1. The number of piperidine rings is 1. The van der Waals surface area contributed by atoms with Crippen LogP contribution in [0.15, 0.2) is 30.5 Å². The van der Waals surface area contributed by atoms with E-state index in [1.807, 2.05) is 49.2 Å². The number of nitrogens with zero attached hydrogens (tertiary/aromatic N) is 3. The molecule has 0 bridgehead atoms. The molecule has 1 aliphatic heterocycles. The normalized spacial score (nSPS) is 21.1. The zero-order valence-electron chi connectivity index (χ0n) is 14.7. The lowest BCUT2D eigenvalue weighted by Crippen LogP contribution is -2.51. The predicted octanol–water partition coefficient (Wildman–Crippen LogP) is 2.69. The second-order valence-electron chi connectivity index (χ2n) is 6.84. The van der Waals surface area contributed by atoms with E-state index in [0.29, 0.717) is 18.0 Å². The third-order valence-corrected chi connectivity index (χ3v) is 4.97. The Morgan fingerprint density at radius 3 is 2.79 bits per heavy atom. The number of rotatable bonds is 3. The number of aryl methyl sites for hydroxylation is 2. The van der Waals surface area contributed by atoms with E-state index in [4.69, 9.17) is 5.73 Å². The first kappa shape index (κ1) is 16.7. The van der Waals surface area contributed by atoms with Crippen LogP contribution < -0.4 is 5.73 Å². The van der Waals surface area contributed by atoms with Gasteiger partial charge in [0.25, 0.3) is 5.91 Å². The topological polar surface area (TPSA) is 64.2 Å². The van der Waals surface area contributed by atoms with Crippen molar-refractivity contribution in [1.29, 1.82) is 0 Å². The minimum Gasteiger partial charge on any atom is -0.334 e. The van der Waals surface area contributed by atoms with Gasteiger partial charge in [-0.25, -0.2) is 4.68 Å². The molecule has 1 aromatic carbocycles. The summed E-state index contributed by atoms with van der Waals surface area (Å²) in [4.78, 5) is 15.3. The fraction of sp³-hybridized carbons (Fsp3) is 0.474. The molecule has 1 aliphatic rings. The lowest BCUT2D eigenvalue weighted by Gasteiger charge is -2.39. The summed E-state index contributed by atoms with van der Waals surface area (Å²) in [6, 6.07) is 8.00. The molecule has 0 radical (unpaired) electrons. The molecule has 1 amide bonds. The maximum atomic E-state index is 13.3. The van der Waals surface area contributed by atoms with Crippen LogP contribution in [0.5, 0.6) is 0 Å². The molecule has 0 saturated carbocycles. The predicted molar refractivity (Wildman–Crippen MR) is 95.3 cm³/mol. The van der Waals surface area contributed by atoms with E-state index in [9.17, 15) is 4.79 Å². The summed E-state index contributed by atoms with van der Waals surface area (Å²) in [6.45, 7) is 7.42. The van der Waals surface area contributed by atoms with Gasteiger partial charge in [0.15, 0.2) is 0 Å². The summed E-state index contributed by atoms with van der Waals surface area (Å²) in [5.74, 6) is 0.497. The van der Waals surface area contributed by atoms with Crippen molar-refractivity contribution in [3.63, 3.8) is 0 Å². The average molecular weight is 326 g/mol. The second kappa shape index (κ2) is 6.77. The Balaban J connectivity index is 2.01. The summed E-state index contributed by atoms with van der Waals surface area (Å²) in [5, 5.41) is 4.47. The van der Waals surface area contributed by atoms with Crippen molar-refractivity contribution in [1.82, 2.24) is 14.7 Å². The highest BCUT2D eigenvalue weighted by Crippen LogP contribution is 2.26. The number of aromatic nitrogens is 2. The first-order valence-corrected chi connectivity index (χ1v) is 8.65. The molecule has 1 aromatic heterocycles. The van der Waals surface area contributed by atoms with Gasteiger partial charge in [0.2, 0.25) is 0 Å². The first-order chi connectivity index (χ1) is 11.5. The molecule has 5 heteroatoms. The average Bonchev–Trinajstić information content (AvgIpc) is 3.00. The van der Waals surface area contributed by atoms with Crippen molar-refractivity contribution in [3.05, 3.63) is 47.3 Å². The van der Waals surface area contributed by atoms with Crippen LogP contribution in [-0.4, -0.2) is 39.7 Å². The van der Waals surface area contributed by atoms with E-state index in [1.165, 1.54) is 0 Å². The molecular weight excluding hydrogens is 300 g/mol. The van der Waals surface area contributed by atoms with Gasteiger partial charge in [-0.15, -0.1) is 0 Å². The molecule has 1 unspecified atom stereocenters. The molecule has 2 heterocycles. The molecule has 2 atom stereocenters. The largest absolute Gasteiger partial charge is 0.334 e. The van der Waals surface area contributed by atoms with Gasteiger partial charge >= 0.3 is 0 Å². The number of amides is 1. The maximum absolute atomic E-state index is 13.3. The molecule has 24 heavy (non-hydrogen) atoms. The van der Waals surface area contributed by atoms with Gasteiger partial charge < -0.3 is 10.6 Å². The summed E-state index contributed by atoms with van der Waals surface area (Å²) >= 11 is 0. The Morgan fingerprint density at radius 2 is 2.12 bits per heavy atom. The van der Waals surface area contributed by atoms with Crippen LogP contribution in [-0.2, 0) is 0 Å². The van der Waals surface area contributed by atoms with E-state index in [2.05, 4.69) is 12.0 Å². The van der Waals surface area contributed by atoms with Crippen LogP contribution in [0.2, 0.25) is 0 Å². The van der Waals surface area contributed by atoms with Gasteiger partial charge in [-0.2, -0.15) is 5.10 Å². The molecular formula is C19H26N4O. The van der Waals surface area contributed by atoms with Gasteiger partial charge in [0, 0.05) is 25.3 Å². The standard InChI is InChI=1S/C19H26N4O/c1-13-6-7-17(23-10-8-15(3)21-23)16(11-13)19(24)22-9-4-5-14(2)18(22)12-20/h6-8,10-11,14,18H,4-5,9,12,20H2,1-3H3/t14-,18?/m1/s1. The Hall–Kier alpha value is -2.14. The molecule has 128 valence electrons. The lowest BCUT2D eigenvalue weighted by atomic mass is 9.90. The Labute approximate surface area is 143 Å². The van der Waals surface area contributed by atoms with Gasteiger partial charge in [-0.05, 0) is 50.8 Å². The highest BCUT2D eigenvalue weighted by molar-refractivity contribution is 5.98. The van der Waals surface area contributed by atoms with Crippen LogP contribution in [0, 0.1) is 19.8 Å². The van der Waals surface area contributed by atoms with E-state index in [0.717, 1.165) is 36.3 Å². The minimum absolute atomic E-state index is 0.0591. The Bertz CT molecular complexity index is 737. The Morgan fingerprint density at radius 1 is 1.33 bits per heavy atom.